The van der Waals surface area contributed by atoms with Crippen molar-refractivity contribution in [1.82, 2.24) is 4.90 Å². The second-order valence-corrected chi connectivity index (χ2v) is 5.01. The summed E-state index contributed by atoms with van der Waals surface area (Å²) in [4.78, 5) is 25.4. The second-order valence-electron chi connectivity index (χ2n) is 5.01. The first-order valence-electron chi connectivity index (χ1n) is 7.24. The molecule has 0 aliphatic heterocycles. The number of nitrogens with zero attached hydrogens (tertiary/aromatic N) is 1. The number of methoxy groups -OCH3 is 1. The number of amides is 1. The van der Waals surface area contributed by atoms with Crippen molar-refractivity contribution >= 4 is 18.0 Å². The summed E-state index contributed by atoms with van der Waals surface area (Å²) in [5.41, 5.74) is 0. The van der Waals surface area contributed by atoms with E-state index in [1.165, 1.54) is 24.3 Å². The summed E-state index contributed by atoms with van der Waals surface area (Å²) in [7, 11) is 1.31. The van der Waals surface area contributed by atoms with Crippen LogP contribution in [0.25, 0.3) is 6.08 Å². The molecular formula is C16H23NO5. The molecule has 6 nitrogen and oxygen atoms in total. The van der Waals surface area contributed by atoms with Gasteiger partial charge < -0.3 is 19.2 Å². The lowest BCUT2D eigenvalue weighted by Gasteiger charge is -2.30. The van der Waals surface area contributed by atoms with Crippen molar-refractivity contribution in [2.75, 3.05) is 20.3 Å². The van der Waals surface area contributed by atoms with Crippen molar-refractivity contribution in [1.29, 1.82) is 0 Å². The highest BCUT2D eigenvalue weighted by molar-refractivity contribution is 5.92. The maximum atomic E-state index is 12.4. The van der Waals surface area contributed by atoms with Gasteiger partial charge in [-0.1, -0.05) is 13.8 Å². The summed E-state index contributed by atoms with van der Waals surface area (Å²) < 4.78 is 9.82. The standard InChI is InChI=1S/C16H23NO5/c1-4-13(11-18)17(10-12(2)16(20)21-3)15(19)8-7-14-6-5-9-22-14/h5-9,12-13,18H,4,10-11H2,1-3H3/b8-7+. The smallest absolute Gasteiger partial charge is 0.310 e. The number of aliphatic hydroxyl groups excluding tert-OH is 1. The maximum absolute atomic E-state index is 12.4. The zero-order valence-corrected chi connectivity index (χ0v) is 13.2. The molecule has 1 aromatic rings. The molecule has 0 saturated carbocycles. The number of furan rings is 1. The predicted molar refractivity (Wildman–Crippen MR) is 81.8 cm³/mol. The van der Waals surface area contributed by atoms with Crippen LogP contribution in [0, 0.1) is 5.92 Å². The molecule has 0 aliphatic rings. The summed E-state index contributed by atoms with van der Waals surface area (Å²) in [5.74, 6) is -0.577. The van der Waals surface area contributed by atoms with Crippen molar-refractivity contribution < 1.29 is 23.8 Å². The third-order valence-corrected chi connectivity index (χ3v) is 3.41. The number of ether oxygens (including phenoxy) is 1. The van der Waals surface area contributed by atoms with Gasteiger partial charge >= 0.3 is 5.97 Å². The van der Waals surface area contributed by atoms with Gasteiger partial charge in [-0.05, 0) is 24.6 Å². The van der Waals surface area contributed by atoms with Crippen LogP contribution in [0.1, 0.15) is 26.0 Å². The fourth-order valence-corrected chi connectivity index (χ4v) is 2.07. The van der Waals surface area contributed by atoms with E-state index < -0.39 is 5.92 Å². The van der Waals surface area contributed by atoms with Crippen LogP contribution in [-0.2, 0) is 14.3 Å². The highest BCUT2D eigenvalue weighted by Gasteiger charge is 2.25. The maximum Gasteiger partial charge on any atom is 0.310 e. The van der Waals surface area contributed by atoms with E-state index in [9.17, 15) is 14.7 Å². The molecule has 0 radical (unpaired) electrons. The molecule has 0 aliphatic carbocycles. The van der Waals surface area contributed by atoms with E-state index in [-0.39, 0.29) is 31.1 Å². The van der Waals surface area contributed by atoms with E-state index in [4.69, 9.17) is 4.42 Å². The molecule has 0 saturated heterocycles. The zero-order valence-electron chi connectivity index (χ0n) is 13.2. The van der Waals surface area contributed by atoms with Gasteiger partial charge in [0.2, 0.25) is 5.91 Å². The average molecular weight is 309 g/mol. The predicted octanol–water partition coefficient (Wildman–Crippen LogP) is 1.70. The third kappa shape index (κ3) is 5.04. The molecule has 1 N–H and O–H groups in total. The number of esters is 1. The lowest BCUT2D eigenvalue weighted by molar-refractivity contribution is -0.146. The number of rotatable bonds is 8. The van der Waals surface area contributed by atoms with E-state index in [0.717, 1.165) is 0 Å². The Labute approximate surface area is 130 Å². The molecule has 2 atom stereocenters. The molecule has 1 heterocycles. The van der Waals surface area contributed by atoms with Gasteiger partial charge in [-0.3, -0.25) is 9.59 Å². The average Bonchev–Trinajstić information content (AvgIpc) is 3.05. The van der Waals surface area contributed by atoms with Crippen LogP contribution in [0.5, 0.6) is 0 Å². The van der Waals surface area contributed by atoms with E-state index in [1.54, 1.807) is 25.1 Å². The first kappa shape index (κ1) is 18.0. The third-order valence-electron chi connectivity index (χ3n) is 3.41. The Balaban J connectivity index is 2.84. The minimum absolute atomic E-state index is 0.162. The van der Waals surface area contributed by atoms with Gasteiger partial charge in [0.15, 0.2) is 0 Å². The van der Waals surface area contributed by atoms with Gasteiger partial charge in [-0.2, -0.15) is 0 Å². The summed E-state index contributed by atoms with van der Waals surface area (Å²) in [6.07, 6.45) is 5.04. The van der Waals surface area contributed by atoms with Crippen molar-refractivity contribution in [2.24, 2.45) is 5.92 Å². The molecule has 0 aromatic carbocycles. The molecule has 0 bridgehead atoms. The quantitative estimate of drug-likeness (QED) is 0.584. The minimum Gasteiger partial charge on any atom is -0.469 e. The van der Waals surface area contributed by atoms with Gasteiger partial charge in [0, 0.05) is 12.6 Å². The lowest BCUT2D eigenvalue weighted by Crippen LogP contribution is -2.45. The van der Waals surface area contributed by atoms with Crippen LogP contribution in [0.15, 0.2) is 28.9 Å². The summed E-state index contributed by atoms with van der Waals surface area (Å²) >= 11 is 0. The van der Waals surface area contributed by atoms with E-state index in [1.807, 2.05) is 6.92 Å². The molecular weight excluding hydrogens is 286 g/mol. The molecule has 6 heteroatoms. The fourth-order valence-electron chi connectivity index (χ4n) is 2.07. The van der Waals surface area contributed by atoms with Crippen LogP contribution in [-0.4, -0.2) is 48.2 Å². The second kappa shape index (κ2) is 9.04. The summed E-state index contributed by atoms with van der Waals surface area (Å²) in [6, 6.07) is 3.11. The SMILES string of the molecule is CCC(CO)N(CC(C)C(=O)OC)C(=O)/C=C/c1ccco1. The number of carbonyl (C=O) groups excluding carboxylic acids is 2. The summed E-state index contributed by atoms with van der Waals surface area (Å²) in [5, 5.41) is 9.45. The van der Waals surface area contributed by atoms with E-state index >= 15 is 0 Å². The normalized spacial score (nSPS) is 13.8. The molecule has 1 aromatic heterocycles. The zero-order chi connectivity index (χ0) is 16.5. The number of aliphatic hydroxyl groups is 1. The van der Waals surface area contributed by atoms with Crippen LogP contribution >= 0.6 is 0 Å². The largest absolute Gasteiger partial charge is 0.469 e. The molecule has 0 spiro atoms. The number of hydrogen-bond acceptors (Lipinski definition) is 5. The number of carbonyl (C=O) groups is 2. The molecule has 22 heavy (non-hydrogen) atoms. The molecule has 1 rings (SSSR count). The summed E-state index contributed by atoms with van der Waals surface area (Å²) in [6.45, 7) is 3.59. The van der Waals surface area contributed by atoms with Gasteiger partial charge in [0.25, 0.3) is 0 Å². The van der Waals surface area contributed by atoms with Crippen molar-refractivity contribution in [3.63, 3.8) is 0 Å². The number of hydrogen-bond donors (Lipinski definition) is 1. The highest BCUT2D eigenvalue weighted by atomic mass is 16.5. The van der Waals surface area contributed by atoms with Crippen LogP contribution < -0.4 is 0 Å². The molecule has 2 unspecified atom stereocenters. The lowest BCUT2D eigenvalue weighted by atomic mass is 10.1. The Hall–Kier alpha value is -2.08. The van der Waals surface area contributed by atoms with Crippen LogP contribution in [0.4, 0.5) is 0 Å². The van der Waals surface area contributed by atoms with Gasteiger partial charge in [-0.15, -0.1) is 0 Å². The van der Waals surface area contributed by atoms with Gasteiger partial charge in [0.05, 0.1) is 31.9 Å². The highest BCUT2D eigenvalue weighted by Crippen LogP contribution is 2.12. The monoisotopic (exact) mass is 309 g/mol. The van der Waals surface area contributed by atoms with Crippen molar-refractivity contribution in [2.45, 2.75) is 26.3 Å². The van der Waals surface area contributed by atoms with E-state index in [0.29, 0.717) is 12.2 Å². The fraction of sp³-hybridized carbons (Fsp3) is 0.500. The van der Waals surface area contributed by atoms with Crippen molar-refractivity contribution in [3.05, 3.63) is 30.2 Å². The minimum atomic E-state index is -0.466. The van der Waals surface area contributed by atoms with Gasteiger partial charge in [-0.25, -0.2) is 0 Å². The molecule has 122 valence electrons. The Kier molecular flexibility index (Phi) is 7.39. The molecule has 0 fully saturated rings. The Morgan fingerprint density at radius 2 is 2.23 bits per heavy atom. The van der Waals surface area contributed by atoms with Crippen molar-refractivity contribution in [3.8, 4) is 0 Å². The topological polar surface area (TPSA) is 80.0 Å². The Morgan fingerprint density at radius 3 is 2.73 bits per heavy atom. The molecule has 1 amide bonds. The van der Waals surface area contributed by atoms with E-state index in [2.05, 4.69) is 4.74 Å². The van der Waals surface area contributed by atoms with Crippen LogP contribution in [0.3, 0.4) is 0 Å². The Morgan fingerprint density at radius 1 is 1.50 bits per heavy atom. The first-order valence-corrected chi connectivity index (χ1v) is 7.24. The van der Waals surface area contributed by atoms with Gasteiger partial charge in [0.1, 0.15) is 5.76 Å². The first-order chi connectivity index (χ1) is 10.5. The Bertz CT molecular complexity index is 491. The van der Waals surface area contributed by atoms with Crippen LogP contribution in [0.2, 0.25) is 0 Å².